The van der Waals surface area contributed by atoms with E-state index in [2.05, 4.69) is 25.5 Å². The smallest absolute Gasteiger partial charge is 0.450 e. The molecule has 3 nitrogen and oxygen atoms in total. The van der Waals surface area contributed by atoms with Crippen LogP contribution in [0.15, 0.2) is 0 Å². The zero-order chi connectivity index (χ0) is 10.3. The highest BCUT2D eigenvalue weighted by atomic mass is 16.7. The molecule has 0 aromatic heterocycles. The van der Waals surface area contributed by atoms with Gasteiger partial charge in [-0.05, 0) is 24.7 Å². The number of carboxylic acid groups (broad SMARTS) is 1. The minimum absolute atomic E-state index is 0.332. The Morgan fingerprint density at radius 2 is 2.08 bits per heavy atom. The average molecular weight is 188 g/mol. The molecule has 0 aliphatic carbocycles. The first kappa shape index (κ1) is 12.3. The van der Waals surface area contributed by atoms with E-state index < -0.39 is 6.16 Å². The van der Waals surface area contributed by atoms with E-state index in [1.807, 2.05) is 0 Å². The van der Waals surface area contributed by atoms with Crippen LogP contribution >= 0.6 is 0 Å². The molecule has 0 aliphatic rings. The second kappa shape index (κ2) is 6.75. The molecule has 0 aromatic rings. The average Bonchev–Trinajstić information content (AvgIpc) is 2.03. The molecule has 13 heavy (non-hydrogen) atoms. The first-order valence-corrected chi connectivity index (χ1v) is 4.93. The van der Waals surface area contributed by atoms with Gasteiger partial charge in [0, 0.05) is 0 Å². The first-order valence-electron chi connectivity index (χ1n) is 4.93. The SMILES string of the molecule is CCC(CCCOC(=O)O)C(C)C. The molecule has 0 heterocycles. The summed E-state index contributed by atoms with van der Waals surface area (Å²) in [5.41, 5.74) is 0. The quantitative estimate of drug-likeness (QED) is 0.514. The van der Waals surface area contributed by atoms with Crippen molar-refractivity contribution in [3.05, 3.63) is 0 Å². The number of hydrogen-bond acceptors (Lipinski definition) is 2. The molecule has 0 aromatic carbocycles. The lowest BCUT2D eigenvalue weighted by atomic mass is 9.89. The molecule has 0 rings (SSSR count). The van der Waals surface area contributed by atoms with Crippen LogP contribution in [0.3, 0.4) is 0 Å². The molecule has 0 saturated heterocycles. The summed E-state index contributed by atoms with van der Waals surface area (Å²) >= 11 is 0. The molecule has 78 valence electrons. The van der Waals surface area contributed by atoms with Gasteiger partial charge in [0.15, 0.2) is 0 Å². The minimum atomic E-state index is -1.17. The lowest BCUT2D eigenvalue weighted by Crippen LogP contribution is -2.09. The Kier molecular flexibility index (Phi) is 6.37. The minimum Gasteiger partial charge on any atom is -0.450 e. The van der Waals surface area contributed by atoms with E-state index in [1.54, 1.807) is 0 Å². The van der Waals surface area contributed by atoms with Crippen LogP contribution in [0.1, 0.15) is 40.0 Å². The molecule has 0 bridgehead atoms. The van der Waals surface area contributed by atoms with Gasteiger partial charge in [-0.2, -0.15) is 0 Å². The number of ether oxygens (including phenoxy) is 1. The molecule has 0 spiro atoms. The van der Waals surface area contributed by atoms with Crippen molar-refractivity contribution in [2.75, 3.05) is 6.61 Å². The van der Waals surface area contributed by atoms with Crippen molar-refractivity contribution in [2.45, 2.75) is 40.0 Å². The maximum absolute atomic E-state index is 10.0. The third kappa shape index (κ3) is 6.43. The fourth-order valence-corrected chi connectivity index (χ4v) is 1.51. The van der Waals surface area contributed by atoms with Crippen molar-refractivity contribution in [3.63, 3.8) is 0 Å². The Balaban J connectivity index is 3.44. The molecule has 3 heteroatoms. The number of carbonyl (C=O) groups is 1. The van der Waals surface area contributed by atoms with Crippen molar-refractivity contribution in [1.29, 1.82) is 0 Å². The number of rotatable bonds is 6. The molecule has 0 radical (unpaired) electrons. The van der Waals surface area contributed by atoms with Crippen molar-refractivity contribution in [1.82, 2.24) is 0 Å². The molecule has 0 fully saturated rings. The van der Waals surface area contributed by atoms with E-state index in [4.69, 9.17) is 5.11 Å². The molecular weight excluding hydrogens is 168 g/mol. The van der Waals surface area contributed by atoms with Crippen LogP contribution in [0, 0.1) is 11.8 Å². The maximum Gasteiger partial charge on any atom is 0.505 e. The Bertz CT molecular complexity index is 143. The van der Waals surface area contributed by atoms with Gasteiger partial charge in [-0.3, -0.25) is 0 Å². The van der Waals surface area contributed by atoms with Crippen LogP contribution in [0.4, 0.5) is 4.79 Å². The van der Waals surface area contributed by atoms with Gasteiger partial charge in [0.1, 0.15) is 0 Å². The predicted octanol–water partition coefficient (Wildman–Crippen LogP) is 3.14. The highest BCUT2D eigenvalue weighted by Gasteiger charge is 2.10. The van der Waals surface area contributed by atoms with Gasteiger partial charge < -0.3 is 9.84 Å². The molecule has 1 N–H and O–H groups in total. The lowest BCUT2D eigenvalue weighted by molar-refractivity contribution is 0.0880. The van der Waals surface area contributed by atoms with Gasteiger partial charge in [-0.1, -0.05) is 27.2 Å². The first-order chi connectivity index (χ1) is 6.07. The third-order valence-corrected chi connectivity index (χ3v) is 2.41. The van der Waals surface area contributed by atoms with Crippen molar-refractivity contribution in [3.8, 4) is 0 Å². The molecule has 1 atom stereocenters. The van der Waals surface area contributed by atoms with Gasteiger partial charge in [-0.15, -0.1) is 0 Å². The molecule has 0 saturated carbocycles. The molecule has 1 unspecified atom stereocenters. The molecule has 0 aliphatic heterocycles. The van der Waals surface area contributed by atoms with Gasteiger partial charge in [0.05, 0.1) is 6.61 Å². The van der Waals surface area contributed by atoms with Gasteiger partial charge in [-0.25, -0.2) is 4.79 Å². The van der Waals surface area contributed by atoms with Gasteiger partial charge in [0.2, 0.25) is 0 Å². The Morgan fingerprint density at radius 1 is 1.46 bits per heavy atom. The largest absolute Gasteiger partial charge is 0.505 e. The normalized spacial score (nSPS) is 12.9. The van der Waals surface area contributed by atoms with Crippen LogP contribution in [0.5, 0.6) is 0 Å². The van der Waals surface area contributed by atoms with E-state index >= 15 is 0 Å². The summed E-state index contributed by atoms with van der Waals surface area (Å²) in [6, 6.07) is 0. The fourth-order valence-electron chi connectivity index (χ4n) is 1.51. The zero-order valence-corrected chi connectivity index (χ0v) is 8.75. The van der Waals surface area contributed by atoms with Crippen LogP contribution in [0.25, 0.3) is 0 Å². The summed E-state index contributed by atoms with van der Waals surface area (Å²) in [6.45, 7) is 6.90. The maximum atomic E-state index is 10.0. The topological polar surface area (TPSA) is 46.5 Å². The van der Waals surface area contributed by atoms with Gasteiger partial charge >= 0.3 is 6.16 Å². The monoisotopic (exact) mass is 188 g/mol. The summed E-state index contributed by atoms with van der Waals surface area (Å²) < 4.78 is 4.43. The van der Waals surface area contributed by atoms with Gasteiger partial charge in [0.25, 0.3) is 0 Å². The Hall–Kier alpha value is -0.730. The van der Waals surface area contributed by atoms with E-state index in [1.165, 1.54) is 0 Å². The van der Waals surface area contributed by atoms with Crippen molar-refractivity contribution >= 4 is 6.16 Å². The van der Waals surface area contributed by atoms with E-state index in [9.17, 15) is 4.79 Å². The third-order valence-electron chi connectivity index (χ3n) is 2.41. The van der Waals surface area contributed by atoms with Crippen LogP contribution in [-0.2, 0) is 4.74 Å². The summed E-state index contributed by atoms with van der Waals surface area (Å²) in [6.07, 6.45) is 1.88. The number of hydrogen-bond donors (Lipinski definition) is 1. The van der Waals surface area contributed by atoms with Crippen LogP contribution in [0.2, 0.25) is 0 Å². The zero-order valence-electron chi connectivity index (χ0n) is 8.75. The van der Waals surface area contributed by atoms with Crippen LogP contribution in [-0.4, -0.2) is 17.9 Å². The molecule has 0 amide bonds. The Morgan fingerprint density at radius 3 is 2.46 bits per heavy atom. The predicted molar refractivity (Wildman–Crippen MR) is 51.8 cm³/mol. The highest BCUT2D eigenvalue weighted by molar-refractivity contribution is 5.56. The lowest BCUT2D eigenvalue weighted by Gasteiger charge is -2.18. The Labute approximate surface area is 80.1 Å². The summed E-state index contributed by atoms with van der Waals surface area (Å²) in [7, 11) is 0. The summed E-state index contributed by atoms with van der Waals surface area (Å²) in [5.74, 6) is 1.37. The molecular formula is C10H20O3. The highest BCUT2D eigenvalue weighted by Crippen LogP contribution is 2.20. The standard InChI is InChI=1S/C10H20O3/c1-4-9(8(2)3)6-5-7-13-10(11)12/h8-9H,4-7H2,1-3H3,(H,11,12). The second-order valence-corrected chi connectivity index (χ2v) is 3.67. The van der Waals surface area contributed by atoms with Crippen LogP contribution < -0.4 is 0 Å². The van der Waals surface area contributed by atoms with E-state index in [-0.39, 0.29) is 0 Å². The fraction of sp³-hybridized carbons (Fsp3) is 0.900. The summed E-state index contributed by atoms with van der Waals surface area (Å²) in [5, 5.41) is 8.22. The van der Waals surface area contributed by atoms with E-state index in [0.29, 0.717) is 18.4 Å². The second-order valence-electron chi connectivity index (χ2n) is 3.67. The van der Waals surface area contributed by atoms with Crippen molar-refractivity contribution < 1.29 is 14.6 Å². The van der Waals surface area contributed by atoms with Crippen molar-refractivity contribution in [2.24, 2.45) is 11.8 Å². The summed E-state index contributed by atoms with van der Waals surface area (Å²) in [4.78, 5) is 10.0. The van der Waals surface area contributed by atoms with E-state index in [0.717, 1.165) is 19.3 Å².